The maximum atomic E-state index is 2.33. The van der Waals surface area contributed by atoms with Crippen molar-refractivity contribution >= 4 is 15.0 Å². The van der Waals surface area contributed by atoms with Crippen molar-refractivity contribution in [2.75, 3.05) is 0 Å². The van der Waals surface area contributed by atoms with E-state index in [9.17, 15) is 0 Å². The van der Waals surface area contributed by atoms with Crippen LogP contribution in [-0.2, 0) is 4.31 Å². The molecule has 0 saturated carbocycles. The molecule has 0 aliphatic heterocycles. The van der Waals surface area contributed by atoms with E-state index in [2.05, 4.69) is 96.8 Å². The molecule has 1 heteroatoms. The average Bonchev–Trinajstić information content (AvgIpc) is 2.59. The molecule has 0 unspecified atom stereocenters. The van der Waals surface area contributed by atoms with Gasteiger partial charge in [0, 0.05) is 0 Å². The molecule has 0 spiro atoms. The molecule has 0 atom stereocenters. The quantitative estimate of drug-likeness (QED) is 0.477. The summed E-state index contributed by atoms with van der Waals surface area (Å²) in [6.45, 7) is 0. The first kappa shape index (κ1) is 14.1. The second-order valence-corrected chi connectivity index (χ2v) is 7.12. The summed E-state index contributed by atoms with van der Waals surface area (Å²) in [5, 5.41) is 0. The van der Waals surface area contributed by atoms with E-state index in [-0.39, 0.29) is 4.31 Å². The van der Waals surface area contributed by atoms with Crippen molar-refractivity contribution in [3.8, 4) is 0 Å². The van der Waals surface area contributed by atoms with Crippen molar-refractivity contribution in [3.63, 3.8) is 0 Å². The molecule has 0 aromatic heterocycles. The molecule has 0 aliphatic rings. The Morgan fingerprint density at radius 3 is 1.05 bits per heavy atom. The van der Waals surface area contributed by atoms with Gasteiger partial charge in [-0.3, -0.25) is 0 Å². The molecule has 3 aromatic rings. The van der Waals surface area contributed by atoms with Gasteiger partial charge in [-0.2, -0.15) is 0 Å². The summed E-state index contributed by atoms with van der Waals surface area (Å²) in [5.41, 5.74) is 4.14. The molecular formula is C20H18Se. The Hall–Kier alpha value is -1.82. The molecule has 0 radical (unpaired) electrons. The standard InChI is InChI=1S/C20H18Se/c1-21-20(17-11-5-2-6-12-17,18-13-7-3-8-14-18)19-15-9-4-10-16-19/h2-16H,1H3. The SMILES string of the molecule is C[Se]C(c1ccccc1)(c1ccccc1)c1ccccc1. The topological polar surface area (TPSA) is 0 Å². The summed E-state index contributed by atoms with van der Waals surface area (Å²) in [6.07, 6.45) is 0. The van der Waals surface area contributed by atoms with Crippen LogP contribution in [0.15, 0.2) is 91.0 Å². The second-order valence-electron chi connectivity index (χ2n) is 4.98. The molecule has 0 amide bonds. The van der Waals surface area contributed by atoms with E-state index in [0.717, 1.165) is 0 Å². The minimum absolute atomic E-state index is 0.0171. The fourth-order valence-electron chi connectivity index (χ4n) is 2.87. The van der Waals surface area contributed by atoms with Gasteiger partial charge in [-0.15, -0.1) is 0 Å². The van der Waals surface area contributed by atoms with Gasteiger partial charge in [0.25, 0.3) is 0 Å². The molecule has 0 fully saturated rings. The summed E-state index contributed by atoms with van der Waals surface area (Å²) >= 11 is 0.400. The van der Waals surface area contributed by atoms with Gasteiger partial charge in [0.2, 0.25) is 0 Å². The second kappa shape index (κ2) is 6.30. The van der Waals surface area contributed by atoms with Crippen LogP contribution in [0.1, 0.15) is 16.7 Å². The first-order valence-corrected chi connectivity index (χ1v) is 9.66. The molecule has 0 saturated heterocycles. The van der Waals surface area contributed by atoms with Crippen LogP contribution in [0.2, 0.25) is 5.82 Å². The Bertz CT molecular complexity index is 578. The molecular weight excluding hydrogens is 319 g/mol. The fraction of sp³-hybridized carbons (Fsp3) is 0.100. The average molecular weight is 337 g/mol. The summed E-state index contributed by atoms with van der Waals surface area (Å²) in [7, 11) is 0. The van der Waals surface area contributed by atoms with Crippen molar-refractivity contribution in [1.82, 2.24) is 0 Å². The minimum atomic E-state index is -0.0171. The van der Waals surface area contributed by atoms with Crippen LogP contribution in [0, 0.1) is 0 Å². The van der Waals surface area contributed by atoms with Gasteiger partial charge in [-0.25, -0.2) is 0 Å². The van der Waals surface area contributed by atoms with Crippen LogP contribution >= 0.6 is 0 Å². The number of hydrogen-bond donors (Lipinski definition) is 0. The normalized spacial score (nSPS) is 11.3. The van der Waals surface area contributed by atoms with Crippen LogP contribution in [-0.4, -0.2) is 15.0 Å². The Kier molecular flexibility index (Phi) is 4.24. The molecule has 0 heterocycles. The van der Waals surface area contributed by atoms with E-state index in [1.165, 1.54) is 16.7 Å². The van der Waals surface area contributed by atoms with Crippen LogP contribution in [0.5, 0.6) is 0 Å². The van der Waals surface area contributed by atoms with Crippen molar-refractivity contribution in [1.29, 1.82) is 0 Å². The van der Waals surface area contributed by atoms with E-state index in [1.807, 2.05) is 0 Å². The Balaban J connectivity index is 2.29. The summed E-state index contributed by atoms with van der Waals surface area (Å²) in [6, 6.07) is 32.6. The van der Waals surface area contributed by atoms with Gasteiger partial charge in [0.05, 0.1) is 0 Å². The summed E-state index contributed by atoms with van der Waals surface area (Å²) in [4.78, 5) is 0. The zero-order chi connectivity index (χ0) is 14.5. The molecule has 3 rings (SSSR count). The predicted molar refractivity (Wildman–Crippen MR) is 90.8 cm³/mol. The van der Waals surface area contributed by atoms with E-state index in [4.69, 9.17) is 0 Å². The first-order valence-electron chi connectivity index (χ1n) is 7.09. The van der Waals surface area contributed by atoms with Crippen LogP contribution < -0.4 is 0 Å². The Morgan fingerprint density at radius 1 is 0.524 bits per heavy atom. The van der Waals surface area contributed by atoms with Crippen LogP contribution in [0.3, 0.4) is 0 Å². The number of benzene rings is 3. The molecule has 3 aromatic carbocycles. The maximum absolute atomic E-state index is 2.33. The van der Waals surface area contributed by atoms with Gasteiger partial charge in [0.15, 0.2) is 0 Å². The molecule has 0 N–H and O–H groups in total. The molecule has 104 valence electrons. The molecule has 0 bridgehead atoms. The van der Waals surface area contributed by atoms with Crippen molar-refractivity contribution < 1.29 is 0 Å². The molecule has 0 nitrogen and oxygen atoms in total. The van der Waals surface area contributed by atoms with Gasteiger partial charge in [-0.1, -0.05) is 0 Å². The summed E-state index contributed by atoms with van der Waals surface area (Å²) < 4.78 is -0.0171. The van der Waals surface area contributed by atoms with E-state index >= 15 is 0 Å². The number of rotatable bonds is 4. The first-order chi connectivity index (χ1) is 10.4. The monoisotopic (exact) mass is 338 g/mol. The van der Waals surface area contributed by atoms with E-state index < -0.39 is 0 Å². The Morgan fingerprint density at radius 2 is 0.810 bits per heavy atom. The van der Waals surface area contributed by atoms with Crippen LogP contribution in [0.25, 0.3) is 0 Å². The third-order valence-corrected chi connectivity index (χ3v) is 6.62. The third kappa shape index (κ3) is 2.55. The van der Waals surface area contributed by atoms with Gasteiger partial charge in [-0.05, 0) is 0 Å². The van der Waals surface area contributed by atoms with Crippen LogP contribution in [0.4, 0.5) is 0 Å². The zero-order valence-corrected chi connectivity index (χ0v) is 13.8. The zero-order valence-electron chi connectivity index (χ0n) is 12.1. The van der Waals surface area contributed by atoms with Crippen molar-refractivity contribution in [2.45, 2.75) is 10.1 Å². The van der Waals surface area contributed by atoms with Crippen molar-refractivity contribution in [2.24, 2.45) is 0 Å². The fourth-order valence-corrected chi connectivity index (χ4v) is 5.21. The van der Waals surface area contributed by atoms with E-state index in [0.29, 0.717) is 15.0 Å². The summed E-state index contributed by atoms with van der Waals surface area (Å²) in [5.74, 6) is 2.33. The van der Waals surface area contributed by atoms with Gasteiger partial charge < -0.3 is 0 Å². The van der Waals surface area contributed by atoms with E-state index in [1.54, 1.807) is 0 Å². The molecule has 0 aliphatic carbocycles. The Labute approximate surface area is 133 Å². The number of hydrogen-bond acceptors (Lipinski definition) is 0. The predicted octanol–water partition coefficient (Wildman–Crippen LogP) is 4.73. The van der Waals surface area contributed by atoms with Crippen molar-refractivity contribution in [3.05, 3.63) is 108 Å². The van der Waals surface area contributed by atoms with Gasteiger partial charge in [0.1, 0.15) is 0 Å². The molecule has 21 heavy (non-hydrogen) atoms. The third-order valence-electron chi connectivity index (χ3n) is 3.85. The van der Waals surface area contributed by atoms with Gasteiger partial charge >= 0.3 is 133 Å².